The van der Waals surface area contributed by atoms with Crippen molar-refractivity contribution in [3.63, 3.8) is 0 Å². The monoisotopic (exact) mass is 307 g/mol. The van der Waals surface area contributed by atoms with Gasteiger partial charge in [0, 0.05) is 11.9 Å². The van der Waals surface area contributed by atoms with Crippen LogP contribution in [-0.4, -0.2) is 20.0 Å². The van der Waals surface area contributed by atoms with Crippen molar-refractivity contribution in [1.29, 1.82) is 0 Å². The van der Waals surface area contributed by atoms with Crippen LogP contribution >= 0.6 is 0 Å². The Morgan fingerprint density at radius 3 is 2.76 bits per heavy atom. The zero-order valence-corrected chi connectivity index (χ0v) is 12.6. The summed E-state index contributed by atoms with van der Waals surface area (Å²) in [7, 11) is -3.81. The van der Waals surface area contributed by atoms with Crippen molar-refractivity contribution in [3.8, 4) is 5.75 Å². The van der Waals surface area contributed by atoms with Crippen LogP contribution in [0.3, 0.4) is 0 Å². The molecule has 0 aliphatic rings. The number of sulfonamides is 1. The first-order chi connectivity index (χ1) is 9.94. The van der Waals surface area contributed by atoms with E-state index in [1.54, 1.807) is 38.2 Å². The molecule has 1 aromatic heterocycles. The summed E-state index contributed by atoms with van der Waals surface area (Å²) >= 11 is 0. The third-order valence-corrected chi connectivity index (χ3v) is 4.23. The van der Waals surface area contributed by atoms with Crippen LogP contribution in [0.25, 0.3) is 0 Å². The summed E-state index contributed by atoms with van der Waals surface area (Å²) < 4.78 is 32.9. The zero-order valence-electron chi connectivity index (χ0n) is 11.8. The molecular formula is C14H17N3O3S. The number of aryl methyl sites for hydroxylation is 1. The first kappa shape index (κ1) is 15.1. The van der Waals surface area contributed by atoms with Crippen LogP contribution in [-0.2, 0) is 10.0 Å². The van der Waals surface area contributed by atoms with Gasteiger partial charge in [-0.15, -0.1) is 0 Å². The van der Waals surface area contributed by atoms with E-state index in [-0.39, 0.29) is 10.6 Å². The Hall–Kier alpha value is -2.28. The van der Waals surface area contributed by atoms with Gasteiger partial charge in [-0.2, -0.15) is 0 Å². The first-order valence-electron chi connectivity index (χ1n) is 6.40. The molecule has 2 rings (SSSR count). The van der Waals surface area contributed by atoms with Gasteiger partial charge in [-0.1, -0.05) is 0 Å². The van der Waals surface area contributed by atoms with Gasteiger partial charge in [0.25, 0.3) is 10.0 Å². The highest BCUT2D eigenvalue weighted by molar-refractivity contribution is 7.92. The topological polar surface area (TPSA) is 94.3 Å². The summed E-state index contributed by atoms with van der Waals surface area (Å²) in [6.07, 6.45) is 3.05. The van der Waals surface area contributed by atoms with Crippen LogP contribution < -0.4 is 15.2 Å². The molecule has 7 heteroatoms. The number of rotatable bonds is 5. The Kier molecular flexibility index (Phi) is 4.32. The summed E-state index contributed by atoms with van der Waals surface area (Å²) in [6, 6.07) is 6.24. The second-order valence-corrected chi connectivity index (χ2v) is 6.09. The van der Waals surface area contributed by atoms with Crippen LogP contribution in [0, 0.1) is 6.92 Å². The molecule has 112 valence electrons. The van der Waals surface area contributed by atoms with Crippen molar-refractivity contribution in [3.05, 3.63) is 42.2 Å². The molecule has 1 heterocycles. The maximum atomic E-state index is 12.5. The predicted octanol–water partition coefficient (Wildman–Crippen LogP) is 2.17. The van der Waals surface area contributed by atoms with Crippen LogP contribution in [0.5, 0.6) is 5.75 Å². The van der Waals surface area contributed by atoms with E-state index in [4.69, 9.17) is 10.5 Å². The molecule has 0 aliphatic heterocycles. The Morgan fingerprint density at radius 2 is 2.10 bits per heavy atom. The molecule has 0 saturated carbocycles. The van der Waals surface area contributed by atoms with Crippen molar-refractivity contribution in [2.75, 3.05) is 17.1 Å². The zero-order chi connectivity index (χ0) is 15.5. The van der Waals surface area contributed by atoms with Crippen molar-refractivity contribution in [1.82, 2.24) is 4.98 Å². The molecule has 0 fully saturated rings. The average Bonchev–Trinajstić information content (AvgIpc) is 2.43. The number of ether oxygens (including phenoxy) is 1. The van der Waals surface area contributed by atoms with E-state index >= 15 is 0 Å². The Labute approximate surface area is 124 Å². The van der Waals surface area contributed by atoms with E-state index in [9.17, 15) is 8.42 Å². The quantitative estimate of drug-likeness (QED) is 0.826. The summed E-state index contributed by atoms with van der Waals surface area (Å²) in [5.41, 5.74) is 7.22. The van der Waals surface area contributed by atoms with Gasteiger partial charge in [0.1, 0.15) is 10.6 Å². The third-order valence-electron chi connectivity index (χ3n) is 2.84. The minimum Gasteiger partial charge on any atom is -0.492 e. The largest absolute Gasteiger partial charge is 0.492 e. The van der Waals surface area contributed by atoms with Crippen molar-refractivity contribution < 1.29 is 13.2 Å². The first-order valence-corrected chi connectivity index (χ1v) is 7.88. The van der Waals surface area contributed by atoms with Crippen LogP contribution in [0.2, 0.25) is 0 Å². The van der Waals surface area contributed by atoms with Gasteiger partial charge in [0.15, 0.2) is 0 Å². The predicted molar refractivity (Wildman–Crippen MR) is 81.8 cm³/mol. The molecule has 0 aliphatic carbocycles. The molecule has 0 atom stereocenters. The number of anilines is 2. The van der Waals surface area contributed by atoms with Gasteiger partial charge in [-0.3, -0.25) is 9.71 Å². The van der Waals surface area contributed by atoms with E-state index in [2.05, 4.69) is 9.71 Å². The number of benzene rings is 1. The van der Waals surface area contributed by atoms with Gasteiger partial charge < -0.3 is 10.5 Å². The lowest BCUT2D eigenvalue weighted by Crippen LogP contribution is -2.15. The number of hydrogen-bond donors (Lipinski definition) is 2. The average molecular weight is 307 g/mol. The molecule has 0 spiro atoms. The molecule has 0 saturated heterocycles. The fraction of sp³-hybridized carbons (Fsp3) is 0.214. The number of nitrogens with two attached hydrogens (primary N) is 1. The van der Waals surface area contributed by atoms with Crippen molar-refractivity contribution >= 4 is 21.4 Å². The van der Waals surface area contributed by atoms with Crippen LogP contribution in [0.1, 0.15) is 12.5 Å². The normalized spacial score (nSPS) is 11.1. The van der Waals surface area contributed by atoms with Gasteiger partial charge in [-0.25, -0.2) is 8.42 Å². The van der Waals surface area contributed by atoms with Crippen LogP contribution in [0.15, 0.2) is 41.6 Å². The minimum absolute atomic E-state index is 0.00704. The summed E-state index contributed by atoms with van der Waals surface area (Å²) in [6.45, 7) is 3.94. The molecule has 6 nitrogen and oxygen atoms in total. The second-order valence-electron chi connectivity index (χ2n) is 4.44. The second kappa shape index (κ2) is 6.01. The van der Waals surface area contributed by atoms with Crippen molar-refractivity contribution in [2.24, 2.45) is 0 Å². The van der Waals surface area contributed by atoms with E-state index in [0.717, 1.165) is 5.56 Å². The standard InChI is InChI=1S/C14H17N3O3S/c1-3-20-13-5-4-11(15)8-14(13)21(18,19)17-12-9-16-7-6-10(12)2/h4-9,17H,3,15H2,1-2H3. The van der Waals surface area contributed by atoms with E-state index < -0.39 is 10.0 Å². The molecule has 3 N–H and O–H groups in total. The molecule has 21 heavy (non-hydrogen) atoms. The van der Waals surface area contributed by atoms with Gasteiger partial charge in [0.05, 0.1) is 18.5 Å². The van der Waals surface area contributed by atoms with Crippen LogP contribution in [0.4, 0.5) is 11.4 Å². The van der Waals surface area contributed by atoms with E-state index in [0.29, 0.717) is 18.0 Å². The number of hydrogen-bond acceptors (Lipinski definition) is 5. The lowest BCUT2D eigenvalue weighted by molar-refractivity contribution is 0.331. The highest BCUT2D eigenvalue weighted by atomic mass is 32.2. The fourth-order valence-corrected chi connectivity index (χ4v) is 3.08. The lowest BCUT2D eigenvalue weighted by atomic mass is 10.3. The minimum atomic E-state index is -3.81. The SMILES string of the molecule is CCOc1ccc(N)cc1S(=O)(=O)Nc1cnccc1C. The van der Waals surface area contributed by atoms with E-state index in [1.807, 2.05) is 0 Å². The molecule has 0 bridgehead atoms. The lowest BCUT2D eigenvalue weighted by Gasteiger charge is -2.14. The fourth-order valence-electron chi connectivity index (χ4n) is 1.78. The Balaban J connectivity index is 2.44. The van der Waals surface area contributed by atoms with Gasteiger partial charge >= 0.3 is 0 Å². The Bertz CT molecular complexity index is 745. The summed E-state index contributed by atoms with van der Waals surface area (Å²) in [4.78, 5) is 3.92. The Morgan fingerprint density at radius 1 is 1.33 bits per heavy atom. The molecule has 0 unspecified atom stereocenters. The molecule has 2 aromatic rings. The number of nitrogens with zero attached hydrogens (tertiary/aromatic N) is 1. The summed E-state index contributed by atoms with van der Waals surface area (Å²) in [5, 5.41) is 0. The summed E-state index contributed by atoms with van der Waals surface area (Å²) in [5.74, 6) is 0.265. The van der Waals surface area contributed by atoms with Gasteiger partial charge in [0.2, 0.25) is 0 Å². The van der Waals surface area contributed by atoms with Gasteiger partial charge in [-0.05, 0) is 43.7 Å². The number of nitrogen functional groups attached to an aromatic ring is 1. The third kappa shape index (κ3) is 3.43. The maximum absolute atomic E-state index is 12.5. The molecule has 1 aromatic carbocycles. The molecule has 0 radical (unpaired) electrons. The smallest absolute Gasteiger partial charge is 0.265 e. The number of aromatic nitrogens is 1. The van der Waals surface area contributed by atoms with E-state index in [1.165, 1.54) is 12.3 Å². The highest BCUT2D eigenvalue weighted by Gasteiger charge is 2.21. The maximum Gasteiger partial charge on any atom is 0.265 e. The highest BCUT2D eigenvalue weighted by Crippen LogP contribution is 2.28. The molecule has 0 amide bonds. The van der Waals surface area contributed by atoms with Crippen molar-refractivity contribution in [2.45, 2.75) is 18.7 Å². The number of nitrogens with one attached hydrogen (secondary N) is 1. The number of pyridine rings is 1. The molecular weight excluding hydrogens is 290 g/mol.